The van der Waals surface area contributed by atoms with E-state index in [2.05, 4.69) is 15.0 Å². The van der Waals surface area contributed by atoms with Crippen LogP contribution in [0, 0.1) is 0 Å². The van der Waals surface area contributed by atoms with Gasteiger partial charge in [-0.15, -0.1) is 11.8 Å². The van der Waals surface area contributed by atoms with E-state index in [0.717, 1.165) is 10.8 Å². The molecule has 4 N–H and O–H groups in total. The molecule has 1 aromatic heterocycles. The summed E-state index contributed by atoms with van der Waals surface area (Å²) in [5.74, 6) is 2.40. The van der Waals surface area contributed by atoms with Crippen LogP contribution in [0.4, 0.5) is 11.9 Å². The van der Waals surface area contributed by atoms with E-state index in [0.29, 0.717) is 11.6 Å². The summed E-state index contributed by atoms with van der Waals surface area (Å²) in [7, 11) is 0. The number of nitrogens with zero attached hydrogens (tertiary/aromatic N) is 3. The van der Waals surface area contributed by atoms with Crippen molar-refractivity contribution in [3.05, 3.63) is 40.7 Å². The number of nitrogens with two attached hydrogens (primary N) is 2. The second-order valence-corrected chi connectivity index (χ2v) is 5.01. The molecular weight excluding hydrogens is 270 g/mol. The second kappa shape index (κ2) is 5.88. The van der Waals surface area contributed by atoms with Crippen LogP contribution in [0.3, 0.4) is 0 Å². The largest absolute Gasteiger partial charge is 0.368 e. The highest BCUT2D eigenvalue weighted by Gasteiger charge is 2.02. The van der Waals surface area contributed by atoms with Gasteiger partial charge in [-0.25, -0.2) is 0 Å². The van der Waals surface area contributed by atoms with Crippen LogP contribution in [0.2, 0.25) is 5.02 Å². The highest BCUT2D eigenvalue weighted by Crippen LogP contribution is 2.18. The molecule has 18 heavy (non-hydrogen) atoms. The molecule has 7 heteroatoms. The Labute approximate surface area is 114 Å². The van der Waals surface area contributed by atoms with E-state index >= 15 is 0 Å². The molecule has 1 aromatic carbocycles. The maximum Gasteiger partial charge on any atom is 0.225 e. The van der Waals surface area contributed by atoms with Gasteiger partial charge in [0.15, 0.2) is 0 Å². The lowest BCUT2D eigenvalue weighted by atomic mass is 10.2. The Bertz CT molecular complexity index is 511. The molecule has 0 unspecified atom stereocenters. The van der Waals surface area contributed by atoms with Gasteiger partial charge in [-0.1, -0.05) is 23.7 Å². The van der Waals surface area contributed by atoms with Crippen LogP contribution in [0.1, 0.15) is 11.4 Å². The summed E-state index contributed by atoms with van der Waals surface area (Å²) < 4.78 is 0. The minimum absolute atomic E-state index is 0.157. The van der Waals surface area contributed by atoms with Gasteiger partial charge in [-0.2, -0.15) is 15.0 Å². The van der Waals surface area contributed by atoms with E-state index < -0.39 is 0 Å². The number of anilines is 2. The van der Waals surface area contributed by atoms with Crippen molar-refractivity contribution >= 4 is 35.3 Å². The van der Waals surface area contributed by atoms with Crippen molar-refractivity contribution in [2.24, 2.45) is 0 Å². The average molecular weight is 282 g/mol. The van der Waals surface area contributed by atoms with Crippen LogP contribution >= 0.6 is 23.4 Å². The fraction of sp³-hybridized carbons (Fsp3) is 0.182. The van der Waals surface area contributed by atoms with Crippen LogP contribution in [0.5, 0.6) is 0 Å². The lowest BCUT2D eigenvalue weighted by Gasteiger charge is -2.03. The van der Waals surface area contributed by atoms with Gasteiger partial charge in [0.1, 0.15) is 5.82 Å². The van der Waals surface area contributed by atoms with Crippen LogP contribution < -0.4 is 11.5 Å². The zero-order valence-corrected chi connectivity index (χ0v) is 11.1. The lowest BCUT2D eigenvalue weighted by molar-refractivity contribution is 0.987. The average Bonchev–Trinajstić information content (AvgIpc) is 2.30. The minimum atomic E-state index is 0.157. The molecule has 0 aliphatic rings. The van der Waals surface area contributed by atoms with Crippen molar-refractivity contribution < 1.29 is 0 Å². The van der Waals surface area contributed by atoms with Gasteiger partial charge in [-0.3, -0.25) is 0 Å². The predicted octanol–water partition coefficient (Wildman–Crippen LogP) is 2.12. The monoisotopic (exact) mass is 281 g/mol. The molecule has 0 saturated carbocycles. The van der Waals surface area contributed by atoms with Crippen molar-refractivity contribution in [3.8, 4) is 0 Å². The van der Waals surface area contributed by atoms with E-state index in [9.17, 15) is 0 Å². The summed E-state index contributed by atoms with van der Waals surface area (Å²) in [5, 5.41) is 0.738. The SMILES string of the molecule is Nc1nc(N)nc(CSCc2ccc(Cl)cc2)n1. The minimum Gasteiger partial charge on any atom is -0.368 e. The van der Waals surface area contributed by atoms with Crippen molar-refractivity contribution in [1.82, 2.24) is 15.0 Å². The third-order valence-corrected chi connectivity index (χ3v) is 3.38. The predicted molar refractivity (Wildman–Crippen MR) is 75.1 cm³/mol. The Morgan fingerprint density at radius 1 is 0.944 bits per heavy atom. The quantitative estimate of drug-likeness (QED) is 0.892. The molecule has 1 heterocycles. The summed E-state index contributed by atoms with van der Waals surface area (Å²) >= 11 is 7.49. The van der Waals surface area contributed by atoms with Crippen molar-refractivity contribution in [2.75, 3.05) is 11.5 Å². The van der Waals surface area contributed by atoms with Gasteiger partial charge >= 0.3 is 0 Å². The van der Waals surface area contributed by atoms with Crippen molar-refractivity contribution in [1.29, 1.82) is 0 Å². The number of hydrogen-bond acceptors (Lipinski definition) is 6. The van der Waals surface area contributed by atoms with Gasteiger partial charge in [-0.05, 0) is 17.7 Å². The van der Waals surface area contributed by atoms with E-state index in [1.54, 1.807) is 11.8 Å². The van der Waals surface area contributed by atoms with Crippen LogP contribution in [0.15, 0.2) is 24.3 Å². The number of aromatic nitrogens is 3. The molecule has 2 aromatic rings. The molecule has 0 radical (unpaired) electrons. The van der Waals surface area contributed by atoms with Crippen LogP contribution in [-0.4, -0.2) is 15.0 Å². The normalized spacial score (nSPS) is 10.5. The molecule has 94 valence electrons. The maximum absolute atomic E-state index is 5.81. The second-order valence-electron chi connectivity index (χ2n) is 3.59. The van der Waals surface area contributed by atoms with E-state index in [1.165, 1.54) is 5.56 Å². The highest BCUT2D eigenvalue weighted by atomic mass is 35.5. The number of nitrogen functional groups attached to an aromatic ring is 2. The Morgan fingerprint density at radius 3 is 2.17 bits per heavy atom. The third kappa shape index (κ3) is 3.75. The Kier molecular flexibility index (Phi) is 4.22. The standard InChI is InChI=1S/C11H12ClN5S/c12-8-3-1-7(2-4-8)5-18-6-9-15-10(13)17-11(14)16-9/h1-4H,5-6H2,(H4,13,14,15,16,17). The molecule has 0 aliphatic carbocycles. The van der Waals surface area contributed by atoms with Gasteiger partial charge in [0.05, 0.1) is 5.75 Å². The first-order valence-electron chi connectivity index (χ1n) is 5.21. The zero-order valence-electron chi connectivity index (χ0n) is 9.51. The fourth-order valence-corrected chi connectivity index (χ4v) is 2.33. The molecular formula is C11H12ClN5S. The summed E-state index contributed by atoms with van der Waals surface area (Å²) in [6.45, 7) is 0. The van der Waals surface area contributed by atoms with Gasteiger partial charge < -0.3 is 11.5 Å². The lowest BCUT2D eigenvalue weighted by Crippen LogP contribution is -2.06. The molecule has 2 rings (SSSR count). The Hall–Kier alpha value is -1.53. The van der Waals surface area contributed by atoms with Crippen molar-refractivity contribution in [3.63, 3.8) is 0 Å². The van der Waals surface area contributed by atoms with E-state index in [4.69, 9.17) is 23.1 Å². The molecule has 0 saturated heterocycles. The number of rotatable bonds is 4. The molecule has 0 spiro atoms. The number of thioether (sulfide) groups is 1. The maximum atomic E-state index is 5.81. The van der Waals surface area contributed by atoms with Gasteiger partial charge in [0.2, 0.25) is 11.9 Å². The van der Waals surface area contributed by atoms with E-state index in [1.807, 2.05) is 24.3 Å². The molecule has 0 aliphatic heterocycles. The van der Waals surface area contributed by atoms with E-state index in [-0.39, 0.29) is 11.9 Å². The summed E-state index contributed by atoms with van der Waals surface area (Å²) in [6.07, 6.45) is 0. The topological polar surface area (TPSA) is 90.7 Å². The molecule has 0 fully saturated rings. The third-order valence-electron chi connectivity index (χ3n) is 2.13. The van der Waals surface area contributed by atoms with Gasteiger partial charge in [0.25, 0.3) is 0 Å². The smallest absolute Gasteiger partial charge is 0.225 e. The number of halogens is 1. The van der Waals surface area contributed by atoms with Crippen LogP contribution in [-0.2, 0) is 11.5 Å². The molecule has 0 bridgehead atoms. The first kappa shape index (κ1) is 12.9. The van der Waals surface area contributed by atoms with Crippen molar-refractivity contribution in [2.45, 2.75) is 11.5 Å². The summed E-state index contributed by atoms with van der Waals surface area (Å²) in [5.41, 5.74) is 12.2. The Morgan fingerprint density at radius 2 is 1.56 bits per heavy atom. The molecule has 5 nitrogen and oxygen atoms in total. The first-order valence-corrected chi connectivity index (χ1v) is 6.75. The summed E-state index contributed by atoms with van der Waals surface area (Å²) in [4.78, 5) is 11.7. The first-order chi connectivity index (χ1) is 8.63. The summed E-state index contributed by atoms with van der Waals surface area (Å²) in [6, 6.07) is 7.73. The number of hydrogen-bond donors (Lipinski definition) is 2. The molecule has 0 atom stereocenters. The van der Waals surface area contributed by atoms with Crippen LogP contribution in [0.25, 0.3) is 0 Å². The highest BCUT2D eigenvalue weighted by molar-refractivity contribution is 7.97. The van der Waals surface area contributed by atoms with Gasteiger partial charge in [0, 0.05) is 10.8 Å². The fourth-order valence-electron chi connectivity index (χ4n) is 1.36. The molecule has 0 amide bonds. The zero-order chi connectivity index (χ0) is 13.0. The Balaban J connectivity index is 1.90. The number of benzene rings is 1.